The molecule has 1 N–H and O–H groups in total. The van der Waals surface area contributed by atoms with Crippen molar-refractivity contribution >= 4 is 0 Å². The predicted molar refractivity (Wildman–Crippen MR) is 73.1 cm³/mol. The molecule has 0 saturated heterocycles. The zero-order chi connectivity index (χ0) is 13.8. The van der Waals surface area contributed by atoms with Crippen molar-refractivity contribution < 1.29 is 14.6 Å². The minimum absolute atomic E-state index is 0.0975. The van der Waals surface area contributed by atoms with Gasteiger partial charge in [-0.25, -0.2) is 0 Å². The second kappa shape index (κ2) is 6.35. The van der Waals surface area contributed by atoms with E-state index >= 15 is 0 Å². The van der Waals surface area contributed by atoms with Gasteiger partial charge in [-0.15, -0.1) is 0 Å². The van der Waals surface area contributed by atoms with Gasteiger partial charge in [0.1, 0.15) is 11.9 Å². The van der Waals surface area contributed by atoms with E-state index < -0.39 is 6.10 Å². The standard InChI is InChI=1S/C15H23NO3/c1-4-18-15(11-5-6-11)14(17)12-7-13(9-16-8-12)19-10(2)3/h7-11,14-15,17H,4-6H2,1-3H3. The summed E-state index contributed by atoms with van der Waals surface area (Å²) < 4.78 is 11.3. The Kier molecular flexibility index (Phi) is 4.77. The number of ether oxygens (including phenoxy) is 2. The van der Waals surface area contributed by atoms with Crippen LogP contribution in [0.2, 0.25) is 0 Å². The maximum absolute atomic E-state index is 10.5. The van der Waals surface area contributed by atoms with Crippen molar-refractivity contribution in [3.05, 3.63) is 24.0 Å². The molecular weight excluding hydrogens is 242 g/mol. The third-order valence-electron chi connectivity index (χ3n) is 3.20. The van der Waals surface area contributed by atoms with Crippen LogP contribution in [0.5, 0.6) is 5.75 Å². The van der Waals surface area contributed by atoms with E-state index in [2.05, 4.69) is 4.98 Å². The molecule has 0 bridgehead atoms. The lowest BCUT2D eigenvalue weighted by Crippen LogP contribution is -2.24. The maximum atomic E-state index is 10.5. The summed E-state index contributed by atoms with van der Waals surface area (Å²) in [4.78, 5) is 4.14. The van der Waals surface area contributed by atoms with Crippen molar-refractivity contribution in [2.45, 2.75) is 51.9 Å². The minimum Gasteiger partial charge on any atom is -0.489 e. The summed E-state index contributed by atoms with van der Waals surface area (Å²) in [6, 6.07) is 1.85. The van der Waals surface area contributed by atoms with Gasteiger partial charge in [0.05, 0.1) is 18.4 Å². The molecule has 2 atom stereocenters. The Hall–Kier alpha value is -1.13. The van der Waals surface area contributed by atoms with Gasteiger partial charge in [0, 0.05) is 18.4 Å². The Morgan fingerprint density at radius 1 is 1.37 bits per heavy atom. The Morgan fingerprint density at radius 3 is 2.68 bits per heavy atom. The average Bonchev–Trinajstić information content (AvgIpc) is 3.19. The first-order valence-corrected chi connectivity index (χ1v) is 7.03. The maximum Gasteiger partial charge on any atom is 0.138 e. The Bertz CT molecular complexity index is 404. The topological polar surface area (TPSA) is 51.6 Å². The van der Waals surface area contributed by atoms with Crippen LogP contribution in [0.3, 0.4) is 0 Å². The van der Waals surface area contributed by atoms with Crippen LogP contribution in [0.1, 0.15) is 45.3 Å². The summed E-state index contributed by atoms with van der Waals surface area (Å²) in [6.45, 7) is 6.51. The second-order valence-electron chi connectivity index (χ2n) is 5.32. The lowest BCUT2D eigenvalue weighted by Gasteiger charge is -2.23. The molecule has 106 valence electrons. The van der Waals surface area contributed by atoms with E-state index in [0.717, 1.165) is 18.4 Å². The van der Waals surface area contributed by atoms with E-state index in [4.69, 9.17) is 9.47 Å². The van der Waals surface area contributed by atoms with Gasteiger partial charge in [0.25, 0.3) is 0 Å². The Morgan fingerprint density at radius 2 is 2.11 bits per heavy atom. The summed E-state index contributed by atoms with van der Waals surface area (Å²) >= 11 is 0. The van der Waals surface area contributed by atoms with Crippen molar-refractivity contribution in [2.24, 2.45) is 5.92 Å². The normalized spacial score (nSPS) is 18.4. The Balaban J connectivity index is 2.10. The summed E-state index contributed by atoms with van der Waals surface area (Å²) in [5, 5.41) is 10.5. The second-order valence-corrected chi connectivity index (χ2v) is 5.32. The fraction of sp³-hybridized carbons (Fsp3) is 0.667. The number of rotatable bonds is 7. The van der Waals surface area contributed by atoms with Crippen LogP contribution in [0.25, 0.3) is 0 Å². The molecule has 1 saturated carbocycles. The van der Waals surface area contributed by atoms with Crippen molar-refractivity contribution in [3.63, 3.8) is 0 Å². The molecule has 1 aromatic rings. The summed E-state index contributed by atoms with van der Waals surface area (Å²) in [5.41, 5.74) is 0.767. The molecule has 1 aliphatic rings. The number of aliphatic hydroxyl groups is 1. The smallest absolute Gasteiger partial charge is 0.138 e. The van der Waals surface area contributed by atoms with Gasteiger partial charge in [-0.2, -0.15) is 0 Å². The summed E-state index contributed by atoms with van der Waals surface area (Å²) in [5.74, 6) is 1.17. The zero-order valence-corrected chi connectivity index (χ0v) is 11.9. The van der Waals surface area contributed by atoms with Gasteiger partial charge in [-0.1, -0.05) is 0 Å². The monoisotopic (exact) mass is 265 g/mol. The average molecular weight is 265 g/mol. The molecule has 0 aliphatic heterocycles. The minimum atomic E-state index is -0.629. The van der Waals surface area contributed by atoms with Gasteiger partial charge >= 0.3 is 0 Å². The van der Waals surface area contributed by atoms with Crippen LogP contribution in [-0.4, -0.2) is 28.9 Å². The molecule has 1 heterocycles. The fourth-order valence-corrected chi connectivity index (χ4v) is 2.23. The predicted octanol–water partition coefficient (Wildman–Crippen LogP) is 2.72. The zero-order valence-electron chi connectivity index (χ0n) is 11.9. The molecule has 19 heavy (non-hydrogen) atoms. The molecule has 2 rings (SSSR count). The molecule has 0 amide bonds. The quantitative estimate of drug-likeness (QED) is 0.823. The number of aromatic nitrogens is 1. The summed E-state index contributed by atoms with van der Waals surface area (Å²) in [6.07, 6.45) is 4.97. The van der Waals surface area contributed by atoms with E-state index in [9.17, 15) is 5.11 Å². The van der Waals surface area contributed by atoms with Crippen LogP contribution < -0.4 is 4.74 Å². The highest BCUT2D eigenvalue weighted by molar-refractivity contribution is 5.26. The number of nitrogens with zero attached hydrogens (tertiary/aromatic N) is 1. The van der Waals surface area contributed by atoms with Gasteiger partial charge in [0.15, 0.2) is 0 Å². The first-order valence-electron chi connectivity index (χ1n) is 7.03. The van der Waals surface area contributed by atoms with E-state index in [-0.39, 0.29) is 12.2 Å². The van der Waals surface area contributed by atoms with Crippen LogP contribution in [0.15, 0.2) is 18.5 Å². The number of pyridine rings is 1. The van der Waals surface area contributed by atoms with Gasteiger partial charge < -0.3 is 14.6 Å². The molecule has 0 aromatic carbocycles. The van der Waals surface area contributed by atoms with Gasteiger partial charge in [-0.3, -0.25) is 4.98 Å². The molecule has 1 aliphatic carbocycles. The highest BCUT2D eigenvalue weighted by Gasteiger charge is 2.37. The number of hydrogen-bond donors (Lipinski definition) is 1. The molecular formula is C15H23NO3. The van der Waals surface area contributed by atoms with Crippen LogP contribution in [0.4, 0.5) is 0 Å². The lowest BCUT2D eigenvalue weighted by atomic mass is 10.0. The van der Waals surface area contributed by atoms with Crippen molar-refractivity contribution in [2.75, 3.05) is 6.61 Å². The lowest BCUT2D eigenvalue weighted by molar-refractivity contribution is -0.0464. The van der Waals surface area contributed by atoms with Crippen molar-refractivity contribution in [1.82, 2.24) is 4.98 Å². The SMILES string of the molecule is CCOC(C1CC1)C(O)c1cncc(OC(C)C)c1. The highest BCUT2D eigenvalue weighted by Crippen LogP contribution is 2.40. The molecule has 1 fully saturated rings. The van der Waals surface area contributed by atoms with Crippen LogP contribution in [-0.2, 0) is 4.74 Å². The van der Waals surface area contributed by atoms with E-state index in [1.165, 1.54) is 0 Å². The first-order chi connectivity index (χ1) is 9.11. The molecule has 1 aromatic heterocycles. The summed E-state index contributed by atoms with van der Waals surface area (Å²) in [7, 11) is 0. The molecule has 4 nitrogen and oxygen atoms in total. The number of hydrogen-bond acceptors (Lipinski definition) is 4. The van der Waals surface area contributed by atoms with E-state index in [1.54, 1.807) is 12.4 Å². The fourth-order valence-electron chi connectivity index (χ4n) is 2.23. The molecule has 4 heteroatoms. The van der Waals surface area contributed by atoms with Crippen LogP contribution >= 0.6 is 0 Å². The van der Waals surface area contributed by atoms with E-state index in [1.807, 2.05) is 26.8 Å². The number of aliphatic hydroxyl groups excluding tert-OH is 1. The van der Waals surface area contributed by atoms with Gasteiger partial charge in [-0.05, 0) is 45.6 Å². The van der Waals surface area contributed by atoms with Crippen molar-refractivity contribution in [3.8, 4) is 5.75 Å². The third kappa shape index (κ3) is 3.91. The molecule has 0 spiro atoms. The highest BCUT2D eigenvalue weighted by atomic mass is 16.5. The first kappa shape index (κ1) is 14.3. The molecule has 2 unspecified atom stereocenters. The Labute approximate surface area is 114 Å². The van der Waals surface area contributed by atoms with Crippen molar-refractivity contribution in [1.29, 1.82) is 0 Å². The van der Waals surface area contributed by atoms with Gasteiger partial charge in [0.2, 0.25) is 0 Å². The largest absolute Gasteiger partial charge is 0.489 e. The van der Waals surface area contributed by atoms with Crippen LogP contribution in [0, 0.1) is 5.92 Å². The third-order valence-corrected chi connectivity index (χ3v) is 3.20. The van der Waals surface area contributed by atoms with E-state index in [0.29, 0.717) is 18.3 Å². The molecule has 0 radical (unpaired) electrons.